The number of hydrogen-bond donors (Lipinski definition) is 1. The monoisotopic (exact) mass is 244 g/mol. The maximum atomic E-state index is 12.1. The first kappa shape index (κ1) is 12.4. The number of carbonyl (C=O) groups excluding carboxylic acids is 1. The Labute approximate surface area is 106 Å². The van der Waals surface area contributed by atoms with E-state index in [0.717, 1.165) is 0 Å². The maximum absolute atomic E-state index is 12.1. The Morgan fingerprint density at radius 2 is 1.67 bits per heavy atom. The summed E-state index contributed by atoms with van der Waals surface area (Å²) >= 11 is 0. The van der Waals surface area contributed by atoms with Crippen LogP contribution in [-0.4, -0.2) is 16.7 Å². The highest BCUT2D eigenvalue weighted by atomic mass is 16.6. The van der Waals surface area contributed by atoms with Gasteiger partial charge in [-0.2, -0.15) is 0 Å². The van der Waals surface area contributed by atoms with Crippen LogP contribution < -0.4 is 0 Å². The van der Waals surface area contributed by atoms with E-state index in [4.69, 9.17) is 4.74 Å². The van der Waals surface area contributed by atoms with Crippen LogP contribution in [0.25, 0.3) is 10.8 Å². The number of carbonyl (C=O) groups is 1. The Bertz CT molecular complexity index is 594. The molecule has 0 atom stereocenters. The van der Waals surface area contributed by atoms with Gasteiger partial charge in [0.25, 0.3) is 0 Å². The van der Waals surface area contributed by atoms with Crippen LogP contribution in [0.2, 0.25) is 0 Å². The molecule has 0 amide bonds. The average Bonchev–Trinajstić information content (AvgIpc) is 2.26. The molecule has 3 nitrogen and oxygen atoms in total. The lowest BCUT2D eigenvalue weighted by molar-refractivity contribution is 0.00719. The third-order valence-corrected chi connectivity index (χ3v) is 2.52. The van der Waals surface area contributed by atoms with Crippen molar-refractivity contribution < 1.29 is 14.6 Å². The first-order valence-corrected chi connectivity index (χ1v) is 5.82. The van der Waals surface area contributed by atoms with Crippen molar-refractivity contribution in [2.45, 2.75) is 26.4 Å². The molecule has 0 heterocycles. The number of fused-ring (bicyclic) bond motifs is 1. The van der Waals surface area contributed by atoms with Crippen molar-refractivity contribution in [3.8, 4) is 5.75 Å². The van der Waals surface area contributed by atoms with Gasteiger partial charge in [0.15, 0.2) is 0 Å². The summed E-state index contributed by atoms with van der Waals surface area (Å²) < 4.78 is 5.35. The van der Waals surface area contributed by atoms with Gasteiger partial charge in [0, 0.05) is 5.39 Å². The highest BCUT2D eigenvalue weighted by Crippen LogP contribution is 2.27. The molecular formula is C15H16O3. The summed E-state index contributed by atoms with van der Waals surface area (Å²) in [4.78, 5) is 12.1. The summed E-state index contributed by atoms with van der Waals surface area (Å²) in [6.07, 6.45) is 0. The highest BCUT2D eigenvalue weighted by molar-refractivity contribution is 6.06. The topological polar surface area (TPSA) is 46.5 Å². The number of aromatic hydroxyl groups is 1. The lowest BCUT2D eigenvalue weighted by atomic mass is 10.0. The minimum atomic E-state index is -0.532. The molecule has 2 rings (SSSR count). The molecule has 18 heavy (non-hydrogen) atoms. The van der Waals surface area contributed by atoms with Gasteiger partial charge < -0.3 is 9.84 Å². The van der Waals surface area contributed by atoms with Gasteiger partial charge in [0.05, 0.1) is 5.56 Å². The molecule has 0 aromatic heterocycles. The summed E-state index contributed by atoms with van der Waals surface area (Å²) in [5.41, 5.74) is -0.0610. The van der Waals surface area contributed by atoms with Crippen LogP contribution in [0.1, 0.15) is 31.1 Å². The van der Waals surface area contributed by atoms with Gasteiger partial charge in [0.1, 0.15) is 11.4 Å². The molecule has 0 aliphatic heterocycles. The minimum absolute atomic E-state index is 0.165. The molecule has 0 spiro atoms. The molecule has 0 aliphatic carbocycles. The Hall–Kier alpha value is -2.03. The molecule has 0 radical (unpaired) electrons. The molecule has 3 heteroatoms. The third kappa shape index (κ3) is 2.45. The molecule has 94 valence electrons. The molecule has 1 N–H and O–H groups in total. The summed E-state index contributed by atoms with van der Waals surface area (Å²) in [5, 5.41) is 11.1. The fraction of sp³-hybridized carbons (Fsp3) is 0.267. The lowest BCUT2D eigenvalue weighted by Gasteiger charge is -2.20. The van der Waals surface area contributed by atoms with Gasteiger partial charge in [-0.05, 0) is 38.3 Å². The van der Waals surface area contributed by atoms with E-state index in [1.54, 1.807) is 36.4 Å². The number of benzene rings is 2. The molecule has 0 aliphatic rings. The van der Waals surface area contributed by atoms with Crippen molar-refractivity contribution in [1.29, 1.82) is 0 Å². The number of phenolic OH excluding ortho intramolecular Hbond substituents is 1. The highest BCUT2D eigenvalue weighted by Gasteiger charge is 2.19. The van der Waals surface area contributed by atoms with E-state index in [9.17, 15) is 9.90 Å². The normalized spacial score (nSPS) is 11.5. The Morgan fingerprint density at radius 1 is 1.06 bits per heavy atom. The zero-order valence-electron chi connectivity index (χ0n) is 10.7. The van der Waals surface area contributed by atoms with Gasteiger partial charge in [-0.15, -0.1) is 0 Å². The molecule has 0 unspecified atom stereocenters. The van der Waals surface area contributed by atoms with E-state index < -0.39 is 5.60 Å². The first-order chi connectivity index (χ1) is 8.38. The van der Waals surface area contributed by atoms with Gasteiger partial charge in [0.2, 0.25) is 0 Å². The van der Waals surface area contributed by atoms with E-state index in [1.807, 2.05) is 20.8 Å². The van der Waals surface area contributed by atoms with Gasteiger partial charge in [-0.1, -0.05) is 24.3 Å². The van der Waals surface area contributed by atoms with Crippen molar-refractivity contribution in [3.05, 3.63) is 42.0 Å². The predicted molar refractivity (Wildman–Crippen MR) is 70.8 cm³/mol. The van der Waals surface area contributed by atoms with Crippen molar-refractivity contribution in [3.63, 3.8) is 0 Å². The van der Waals surface area contributed by atoms with Gasteiger partial charge >= 0.3 is 5.97 Å². The van der Waals surface area contributed by atoms with Crippen LogP contribution in [0.3, 0.4) is 0 Å². The van der Waals surface area contributed by atoms with Gasteiger partial charge in [-0.3, -0.25) is 0 Å². The second-order valence-corrected chi connectivity index (χ2v) is 5.18. The zero-order valence-corrected chi connectivity index (χ0v) is 10.7. The standard InChI is InChI=1S/C15H16O3/c1-15(2,3)18-14(17)12-8-4-7-11-10(12)6-5-9-13(11)16/h4-9,16H,1-3H3. The van der Waals surface area contributed by atoms with Crippen LogP contribution in [0.4, 0.5) is 0 Å². The molecule has 2 aromatic rings. The number of phenols is 1. The number of hydrogen-bond acceptors (Lipinski definition) is 3. The molecular weight excluding hydrogens is 228 g/mol. The maximum Gasteiger partial charge on any atom is 0.339 e. The Balaban J connectivity index is 2.52. The van der Waals surface area contributed by atoms with E-state index in [-0.39, 0.29) is 11.7 Å². The summed E-state index contributed by atoms with van der Waals surface area (Å²) in [7, 11) is 0. The lowest BCUT2D eigenvalue weighted by Crippen LogP contribution is -2.24. The number of rotatable bonds is 1. The summed E-state index contributed by atoms with van der Waals surface area (Å²) in [6.45, 7) is 5.48. The first-order valence-electron chi connectivity index (χ1n) is 5.82. The number of ether oxygens (including phenoxy) is 1. The van der Waals surface area contributed by atoms with E-state index in [0.29, 0.717) is 16.3 Å². The Kier molecular flexibility index (Phi) is 2.99. The van der Waals surface area contributed by atoms with Crippen molar-refractivity contribution in [2.24, 2.45) is 0 Å². The fourth-order valence-electron chi connectivity index (χ4n) is 1.80. The van der Waals surface area contributed by atoms with E-state index >= 15 is 0 Å². The van der Waals surface area contributed by atoms with E-state index in [1.165, 1.54) is 0 Å². The van der Waals surface area contributed by atoms with Crippen LogP contribution in [0, 0.1) is 0 Å². The molecule has 0 bridgehead atoms. The minimum Gasteiger partial charge on any atom is -0.507 e. The number of esters is 1. The van der Waals surface area contributed by atoms with Crippen LogP contribution >= 0.6 is 0 Å². The predicted octanol–water partition coefficient (Wildman–Crippen LogP) is 3.50. The zero-order chi connectivity index (χ0) is 13.3. The van der Waals surface area contributed by atoms with Crippen molar-refractivity contribution in [1.82, 2.24) is 0 Å². The smallest absolute Gasteiger partial charge is 0.339 e. The van der Waals surface area contributed by atoms with Crippen LogP contribution in [-0.2, 0) is 4.74 Å². The third-order valence-electron chi connectivity index (χ3n) is 2.52. The average molecular weight is 244 g/mol. The van der Waals surface area contributed by atoms with Crippen LogP contribution in [0.5, 0.6) is 5.75 Å². The second-order valence-electron chi connectivity index (χ2n) is 5.18. The van der Waals surface area contributed by atoms with Crippen molar-refractivity contribution >= 4 is 16.7 Å². The van der Waals surface area contributed by atoms with E-state index in [2.05, 4.69) is 0 Å². The Morgan fingerprint density at radius 3 is 2.33 bits per heavy atom. The molecule has 2 aromatic carbocycles. The molecule has 0 saturated heterocycles. The van der Waals surface area contributed by atoms with Gasteiger partial charge in [-0.25, -0.2) is 4.79 Å². The van der Waals surface area contributed by atoms with Crippen LogP contribution in [0.15, 0.2) is 36.4 Å². The second kappa shape index (κ2) is 4.33. The quantitative estimate of drug-likeness (QED) is 0.781. The fourth-order valence-corrected chi connectivity index (χ4v) is 1.80. The summed E-state index contributed by atoms with van der Waals surface area (Å²) in [6, 6.07) is 10.3. The molecule has 0 fully saturated rings. The molecule has 0 saturated carbocycles. The SMILES string of the molecule is CC(C)(C)OC(=O)c1cccc2c(O)cccc12. The largest absolute Gasteiger partial charge is 0.507 e. The summed E-state index contributed by atoms with van der Waals surface area (Å²) in [5.74, 6) is -0.211. The van der Waals surface area contributed by atoms with Crippen molar-refractivity contribution in [2.75, 3.05) is 0 Å².